The molecule has 4 rings (SSSR count). The normalized spacial score (nSPS) is 14.7. The smallest absolute Gasteiger partial charge is 0.224 e. The average Bonchev–Trinajstić information content (AvgIpc) is 3.12. The van der Waals surface area contributed by atoms with Gasteiger partial charge >= 0.3 is 0 Å². The number of carbonyl (C=O) groups is 1. The van der Waals surface area contributed by atoms with Gasteiger partial charge in [-0.05, 0) is 62.5 Å². The maximum Gasteiger partial charge on any atom is 0.224 e. The van der Waals surface area contributed by atoms with E-state index in [9.17, 15) is 4.79 Å². The van der Waals surface area contributed by atoms with Gasteiger partial charge in [-0.3, -0.25) is 4.79 Å². The van der Waals surface area contributed by atoms with Crippen LogP contribution in [0.25, 0.3) is 20.8 Å². The van der Waals surface area contributed by atoms with Crippen molar-refractivity contribution < 1.29 is 4.79 Å². The Kier molecular flexibility index (Phi) is 6.83. The van der Waals surface area contributed by atoms with Crippen LogP contribution in [0.3, 0.4) is 0 Å². The Bertz CT molecular complexity index is 872. The number of benzene rings is 2. The van der Waals surface area contributed by atoms with E-state index in [1.807, 2.05) is 42.5 Å². The van der Waals surface area contributed by atoms with E-state index < -0.39 is 0 Å². The van der Waals surface area contributed by atoms with Gasteiger partial charge < -0.3 is 10.6 Å². The first-order chi connectivity index (χ1) is 12.8. The number of nitrogens with zero attached hydrogens (tertiary/aromatic N) is 1. The van der Waals surface area contributed by atoms with Gasteiger partial charge in [0.05, 0.1) is 15.9 Å². The van der Waals surface area contributed by atoms with Crippen LogP contribution in [-0.4, -0.2) is 24.0 Å². The monoisotopic (exact) mass is 401 g/mol. The molecule has 0 bridgehead atoms. The van der Waals surface area contributed by atoms with E-state index in [-0.39, 0.29) is 18.3 Å². The summed E-state index contributed by atoms with van der Waals surface area (Å²) < 4.78 is 1.16. The van der Waals surface area contributed by atoms with Gasteiger partial charge in [-0.2, -0.15) is 0 Å². The summed E-state index contributed by atoms with van der Waals surface area (Å²) in [5.41, 5.74) is 2.84. The minimum Gasteiger partial charge on any atom is -0.325 e. The Morgan fingerprint density at radius 2 is 1.85 bits per heavy atom. The van der Waals surface area contributed by atoms with Gasteiger partial charge in [0.15, 0.2) is 0 Å². The van der Waals surface area contributed by atoms with Crippen molar-refractivity contribution in [3.8, 4) is 10.6 Å². The molecule has 0 atom stereocenters. The Balaban J connectivity index is 0.00000210. The number of carbonyl (C=O) groups excluding carboxylic acids is 1. The van der Waals surface area contributed by atoms with Crippen LogP contribution in [0.1, 0.15) is 25.7 Å². The second kappa shape index (κ2) is 9.31. The van der Waals surface area contributed by atoms with Crippen molar-refractivity contribution in [2.24, 2.45) is 5.92 Å². The SMILES string of the molecule is Cl.O=C(CCC1CCNCC1)Nc1ccccc1-c1nc2ccccc2s1. The molecule has 3 aromatic rings. The van der Waals surface area contributed by atoms with Gasteiger partial charge in [-0.1, -0.05) is 24.3 Å². The molecule has 2 aromatic carbocycles. The molecule has 2 N–H and O–H groups in total. The molecular weight excluding hydrogens is 378 g/mol. The Labute approximate surface area is 169 Å². The third-order valence-corrected chi connectivity index (χ3v) is 6.03. The molecule has 142 valence electrons. The average molecular weight is 402 g/mol. The molecule has 0 saturated carbocycles. The second-order valence-corrected chi connectivity index (χ2v) is 7.84. The van der Waals surface area contributed by atoms with Crippen LogP contribution in [0.15, 0.2) is 48.5 Å². The number of para-hydroxylation sites is 2. The number of nitrogens with one attached hydrogen (secondary N) is 2. The molecule has 0 unspecified atom stereocenters. The van der Waals surface area contributed by atoms with Crippen LogP contribution in [0.5, 0.6) is 0 Å². The first kappa shape index (κ1) is 19.8. The highest BCUT2D eigenvalue weighted by molar-refractivity contribution is 7.21. The molecule has 0 radical (unpaired) electrons. The van der Waals surface area contributed by atoms with Crippen LogP contribution in [0.4, 0.5) is 5.69 Å². The van der Waals surface area contributed by atoms with Gasteiger partial charge in [-0.15, -0.1) is 23.7 Å². The van der Waals surface area contributed by atoms with Crippen LogP contribution in [-0.2, 0) is 4.79 Å². The number of thiazole rings is 1. The molecule has 2 heterocycles. The minimum atomic E-state index is 0. The van der Waals surface area contributed by atoms with Crippen molar-refractivity contribution >= 4 is 45.6 Å². The summed E-state index contributed by atoms with van der Waals surface area (Å²) in [4.78, 5) is 17.2. The first-order valence-corrected chi connectivity index (χ1v) is 10.1. The first-order valence-electron chi connectivity index (χ1n) is 9.25. The Morgan fingerprint density at radius 1 is 1.11 bits per heavy atom. The van der Waals surface area contributed by atoms with Crippen LogP contribution in [0, 0.1) is 5.92 Å². The van der Waals surface area contributed by atoms with E-state index in [1.54, 1.807) is 11.3 Å². The quantitative estimate of drug-likeness (QED) is 0.625. The highest BCUT2D eigenvalue weighted by atomic mass is 35.5. The van der Waals surface area contributed by atoms with E-state index in [2.05, 4.69) is 16.7 Å². The van der Waals surface area contributed by atoms with Crippen LogP contribution in [0.2, 0.25) is 0 Å². The fourth-order valence-corrected chi connectivity index (χ4v) is 4.49. The summed E-state index contributed by atoms with van der Waals surface area (Å²) >= 11 is 1.66. The predicted octanol–water partition coefficient (Wildman–Crippen LogP) is 5.10. The zero-order valence-corrected chi connectivity index (χ0v) is 16.7. The lowest BCUT2D eigenvalue weighted by atomic mass is 9.93. The van der Waals surface area contributed by atoms with E-state index in [0.29, 0.717) is 12.3 Å². The van der Waals surface area contributed by atoms with Gasteiger partial charge in [0.2, 0.25) is 5.91 Å². The molecule has 27 heavy (non-hydrogen) atoms. The van der Waals surface area contributed by atoms with E-state index in [0.717, 1.165) is 46.0 Å². The van der Waals surface area contributed by atoms with Crippen molar-refractivity contribution in [2.75, 3.05) is 18.4 Å². The predicted molar refractivity (Wildman–Crippen MR) is 116 cm³/mol. The number of piperidine rings is 1. The molecule has 6 heteroatoms. The number of fused-ring (bicyclic) bond motifs is 1. The Morgan fingerprint density at radius 3 is 2.67 bits per heavy atom. The van der Waals surface area contributed by atoms with Crippen molar-refractivity contribution in [2.45, 2.75) is 25.7 Å². The van der Waals surface area contributed by atoms with Crippen LogP contribution >= 0.6 is 23.7 Å². The zero-order valence-electron chi connectivity index (χ0n) is 15.1. The maximum absolute atomic E-state index is 12.5. The summed E-state index contributed by atoms with van der Waals surface area (Å²) in [5.74, 6) is 0.763. The van der Waals surface area contributed by atoms with Crippen molar-refractivity contribution in [3.05, 3.63) is 48.5 Å². The highest BCUT2D eigenvalue weighted by Crippen LogP contribution is 2.34. The lowest BCUT2D eigenvalue weighted by molar-refractivity contribution is -0.116. The van der Waals surface area contributed by atoms with E-state index in [4.69, 9.17) is 4.98 Å². The molecular formula is C21H24ClN3OS. The van der Waals surface area contributed by atoms with Crippen LogP contribution < -0.4 is 10.6 Å². The molecule has 1 aromatic heterocycles. The number of aromatic nitrogens is 1. The van der Waals surface area contributed by atoms with E-state index in [1.165, 1.54) is 12.8 Å². The second-order valence-electron chi connectivity index (χ2n) is 6.81. The standard InChI is InChI=1S/C21H23N3OS.ClH/c25-20(10-9-15-11-13-22-14-12-15)23-17-6-2-1-5-16(17)21-24-18-7-3-4-8-19(18)26-21;/h1-8,15,22H,9-14H2,(H,23,25);1H. The summed E-state index contributed by atoms with van der Waals surface area (Å²) in [6, 6.07) is 16.1. The topological polar surface area (TPSA) is 54.0 Å². The molecule has 1 amide bonds. The minimum absolute atomic E-state index is 0. The molecule has 0 aliphatic carbocycles. The Hall–Kier alpha value is -1.95. The van der Waals surface area contributed by atoms with Gasteiger partial charge in [0.25, 0.3) is 0 Å². The molecule has 1 aliphatic rings. The van der Waals surface area contributed by atoms with Crippen molar-refractivity contribution in [1.82, 2.24) is 10.3 Å². The van der Waals surface area contributed by atoms with Gasteiger partial charge in [0, 0.05) is 12.0 Å². The molecule has 0 spiro atoms. The van der Waals surface area contributed by atoms with Gasteiger partial charge in [0.1, 0.15) is 5.01 Å². The lowest BCUT2D eigenvalue weighted by Gasteiger charge is -2.22. The summed E-state index contributed by atoms with van der Waals surface area (Å²) in [7, 11) is 0. The fraction of sp³-hybridized carbons (Fsp3) is 0.333. The largest absolute Gasteiger partial charge is 0.325 e. The summed E-state index contributed by atoms with van der Waals surface area (Å²) in [6.07, 6.45) is 3.90. The molecule has 1 fully saturated rings. The third-order valence-electron chi connectivity index (χ3n) is 4.96. The molecule has 1 saturated heterocycles. The highest BCUT2D eigenvalue weighted by Gasteiger charge is 2.16. The zero-order chi connectivity index (χ0) is 17.8. The lowest BCUT2D eigenvalue weighted by Crippen LogP contribution is -2.28. The summed E-state index contributed by atoms with van der Waals surface area (Å²) in [5, 5.41) is 7.42. The number of rotatable bonds is 5. The van der Waals surface area contributed by atoms with Crippen molar-refractivity contribution in [1.29, 1.82) is 0 Å². The third kappa shape index (κ3) is 4.86. The number of anilines is 1. The number of hydrogen-bond acceptors (Lipinski definition) is 4. The molecule has 4 nitrogen and oxygen atoms in total. The van der Waals surface area contributed by atoms with Crippen molar-refractivity contribution in [3.63, 3.8) is 0 Å². The number of hydrogen-bond donors (Lipinski definition) is 2. The summed E-state index contributed by atoms with van der Waals surface area (Å²) in [6.45, 7) is 2.15. The number of halogens is 1. The van der Waals surface area contributed by atoms with E-state index >= 15 is 0 Å². The molecule has 1 aliphatic heterocycles. The fourth-order valence-electron chi connectivity index (χ4n) is 3.48. The maximum atomic E-state index is 12.5. The van der Waals surface area contributed by atoms with Gasteiger partial charge in [-0.25, -0.2) is 4.98 Å². The number of amides is 1.